The number of ether oxygens (including phenoxy) is 2. The summed E-state index contributed by atoms with van der Waals surface area (Å²) in [7, 11) is 3.18. The van der Waals surface area contributed by atoms with Crippen molar-refractivity contribution in [3.63, 3.8) is 0 Å². The van der Waals surface area contributed by atoms with Crippen LogP contribution in [0.15, 0.2) is 12.1 Å². The number of hydrogen-bond acceptors (Lipinski definition) is 7. The van der Waals surface area contributed by atoms with Crippen LogP contribution in [0.25, 0.3) is 10.9 Å². The molecule has 1 aliphatic carbocycles. The molecule has 0 aliphatic heterocycles. The molecule has 0 unspecified atom stereocenters. The second-order valence-corrected chi connectivity index (χ2v) is 4.68. The zero-order chi connectivity index (χ0) is 14.1. The number of hydrogen-bond donors (Lipinski definition) is 3. The largest absolute Gasteiger partial charge is 0.493 e. The van der Waals surface area contributed by atoms with Crippen LogP contribution in [0.3, 0.4) is 0 Å². The highest BCUT2D eigenvalue weighted by atomic mass is 16.5. The summed E-state index contributed by atoms with van der Waals surface area (Å²) in [6.07, 6.45) is 2.30. The van der Waals surface area contributed by atoms with E-state index in [4.69, 9.17) is 15.3 Å². The minimum atomic E-state index is 0.471. The molecule has 0 saturated heterocycles. The van der Waals surface area contributed by atoms with E-state index < -0.39 is 0 Å². The standard InChI is InChI=1S/C13H17N5O2/c1-19-10-5-8-9(6-11(10)20-2)16-13(15-7-3-4-7)17-12(8)18-14/h5-7H,3-4,14H2,1-2H3,(H2,15,16,17,18). The zero-order valence-corrected chi connectivity index (χ0v) is 11.4. The lowest BCUT2D eigenvalue weighted by atomic mass is 10.2. The van der Waals surface area contributed by atoms with Crippen LogP contribution in [-0.2, 0) is 0 Å². The van der Waals surface area contributed by atoms with Crippen molar-refractivity contribution in [2.24, 2.45) is 5.84 Å². The Bertz CT molecular complexity index is 642. The molecule has 7 heteroatoms. The molecule has 1 heterocycles. The first-order chi connectivity index (χ1) is 9.75. The van der Waals surface area contributed by atoms with Gasteiger partial charge in [-0.25, -0.2) is 10.8 Å². The van der Waals surface area contributed by atoms with Gasteiger partial charge in [-0.3, -0.25) is 0 Å². The molecule has 0 radical (unpaired) electrons. The Morgan fingerprint density at radius 3 is 2.45 bits per heavy atom. The molecule has 1 aromatic carbocycles. The number of nitrogens with two attached hydrogens (primary N) is 1. The molecule has 4 N–H and O–H groups in total. The molecule has 7 nitrogen and oxygen atoms in total. The predicted molar refractivity (Wildman–Crippen MR) is 77.1 cm³/mol. The van der Waals surface area contributed by atoms with Crippen molar-refractivity contribution in [1.29, 1.82) is 0 Å². The van der Waals surface area contributed by atoms with Crippen molar-refractivity contribution >= 4 is 22.7 Å². The highest BCUT2D eigenvalue weighted by Crippen LogP contribution is 2.34. The van der Waals surface area contributed by atoms with Gasteiger partial charge in [-0.2, -0.15) is 4.98 Å². The van der Waals surface area contributed by atoms with Crippen LogP contribution in [0, 0.1) is 0 Å². The van der Waals surface area contributed by atoms with E-state index >= 15 is 0 Å². The maximum Gasteiger partial charge on any atom is 0.225 e. The van der Waals surface area contributed by atoms with Crippen LogP contribution in [-0.4, -0.2) is 30.2 Å². The molecule has 0 spiro atoms. The minimum absolute atomic E-state index is 0.471. The Morgan fingerprint density at radius 2 is 1.85 bits per heavy atom. The fourth-order valence-corrected chi connectivity index (χ4v) is 2.04. The van der Waals surface area contributed by atoms with Crippen molar-refractivity contribution in [3.05, 3.63) is 12.1 Å². The number of hydrazine groups is 1. The molecule has 0 bridgehead atoms. The number of benzene rings is 1. The van der Waals surface area contributed by atoms with Gasteiger partial charge in [-0.1, -0.05) is 0 Å². The molecular weight excluding hydrogens is 258 g/mol. The third-order valence-corrected chi connectivity index (χ3v) is 3.25. The Kier molecular flexibility index (Phi) is 3.19. The molecule has 1 aliphatic rings. The average Bonchev–Trinajstić information content (AvgIpc) is 3.28. The van der Waals surface area contributed by atoms with Gasteiger partial charge >= 0.3 is 0 Å². The number of nitrogen functional groups attached to an aromatic ring is 1. The van der Waals surface area contributed by atoms with E-state index in [1.54, 1.807) is 14.2 Å². The SMILES string of the molecule is COc1cc2nc(NC3CC3)nc(NN)c2cc1OC. The first-order valence-electron chi connectivity index (χ1n) is 6.42. The van der Waals surface area contributed by atoms with Crippen molar-refractivity contribution in [2.45, 2.75) is 18.9 Å². The van der Waals surface area contributed by atoms with E-state index in [0.717, 1.165) is 23.7 Å². The van der Waals surface area contributed by atoms with E-state index in [2.05, 4.69) is 20.7 Å². The maximum absolute atomic E-state index is 5.55. The Hall–Kier alpha value is -2.28. The molecule has 1 fully saturated rings. The summed E-state index contributed by atoms with van der Waals surface area (Å²) in [5.41, 5.74) is 3.35. The van der Waals surface area contributed by atoms with E-state index in [9.17, 15) is 0 Å². The molecule has 2 aromatic rings. The highest BCUT2D eigenvalue weighted by molar-refractivity contribution is 5.92. The molecule has 0 atom stereocenters. The second kappa shape index (κ2) is 5.01. The van der Waals surface area contributed by atoms with Crippen LogP contribution in [0.4, 0.5) is 11.8 Å². The first-order valence-corrected chi connectivity index (χ1v) is 6.42. The molecule has 106 valence electrons. The van der Waals surface area contributed by atoms with E-state index in [-0.39, 0.29) is 0 Å². The number of nitrogens with one attached hydrogen (secondary N) is 2. The second-order valence-electron chi connectivity index (χ2n) is 4.68. The fraction of sp³-hybridized carbons (Fsp3) is 0.385. The first kappa shape index (κ1) is 12.7. The number of fused-ring (bicyclic) bond motifs is 1. The van der Waals surface area contributed by atoms with E-state index in [1.807, 2.05) is 12.1 Å². The maximum atomic E-state index is 5.55. The van der Waals surface area contributed by atoms with E-state index in [0.29, 0.717) is 29.3 Å². The molecule has 20 heavy (non-hydrogen) atoms. The number of nitrogens with zero attached hydrogens (tertiary/aromatic N) is 2. The smallest absolute Gasteiger partial charge is 0.225 e. The summed E-state index contributed by atoms with van der Waals surface area (Å²) in [6, 6.07) is 4.09. The van der Waals surface area contributed by atoms with Gasteiger partial charge < -0.3 is 20.2 Å². The van der Waals surface area contributed by atoms with Crippen LogP contribution < -0.4 is 26.1 Å². The summed E-state index contributed by atoms with van der Waals surface area (Å²) in [6.45, 7) is 0. The zero-order valence-electron chi connectivity index (χ0n) is 11.4. The third kappa shape index (κ3) is 2.27. The Morgan fingerprint density at radius 1 is 1.15 bits per heavy atom. The quantitative estimate of drug-likeness (QED) is 0.562. The summed E-state index contributed by atoms with van der Waals surface area (Å²) in [5, 5.41) is 4.04. The topological polar surface area (TPSA) is 94.3 Å². The van der Waals surface area contributed by atoms with Crippen molar-refractivity contribution in [1.82, 2.24) is 9.97 Å². The lowest BCUT2D eigenvalue weighted by molar-refractivity contribution is 0.356. The number of rotatable bonds is 5. The summed E-state index contributed by atoms with van der Waals surface area (Å²) in [5.74, 6) is 7.92. The van der Waals surface area contributed by atoms with Crippen LogP contribution in [0.2, 0.25) is 0 Å². The Balaban J connectivity index is 2.13. The average molecular weight is 275 g/mol. The van der Waals surface area contributed by atoms with Gasteiger partial charge in [-0.15, -0.1) is 0 Å². The fourth-order valence-electron chi connectivity index (χ4n) is 2.04. The van der Waals surface area contributed by atoms with Gasteiger partial charge in [0.05, 0.1) is 19.7 Å². The highest BCUT2D eigenvalue weighted by Gasteiger charge is 2.22. The molecule has 0 amide bonds. The number of aromatic nitrogens is 2. The monoisotopic (exact) mass is 275 g/mol. The van der Waals surface area contributed by atoms with Gasteiger partial charge in [0.1, 0.15) is 0 Å². The van der Waals surface area contributed by atoms with Gasteiger partial charge in [-0.05, 0) is 18.9 Å². The molecule has 3 rings (SSSR count). The van der Waals surface area contributed by atoms with Crippen molar-refractivity contribution in [3.8, 4) is 11.5 Å². The van der Waals surface area contributed by atoms with Gasteiger partial charge in [0, 0.05) is 17.5 Å². The van der Waals surface area contributed by atoms with Crippen LogP contribution >= 0.6 is 0 Å². The lowest BCUT2D eigenvalue weighted by Gasteiger charge is -2.12. The Labute approximate surface area is 116 Å². The molecule has 1 aromatic heterocycles. The van der Waals surface area contributed by atoms with Gasteiger partial charge in [0.15, 0.2) is 17.3 Å². The summed E-state index contributed by atoms with van der Waals surface area (Å²) in [4.78, 5) is 8.87. The molecule has 1 saturated carbocycles. The number of methoxy groups -OCH3 is 2. The van der Waals surface area contributed by atoms with Crippen LogP contribution in [0.1, 0.15) is 12.8 Å². The van der Waals surface area contributed by atoms with Gasteiger partial charge in [0.25, 0.3) is 0 Å². The van der Waals surface area contributed by atoms with Crippen molar-refractivity contribution in [2.75, 3.05) is 25.0 Å². The third-order valence-electron chi connectivity index (χ3n) is 3.25. The predicted octanol–water partition coefficient (Wildman–Crippen LogP) is 1.51. The van der Waals surface area contributed by atoms with Gasteiger partial charge in [0.2, 0.25) is 5.95 Å². The van der Waals surface area contributed by atoms with Crippen LogP contribution in [0.5, 0.6) is 11.5 Å². The normalized spacial score (nSPS) is 14.2. The summed E-state index contributed by atoms with van der Waals surface area (Å²) < 4.78 is 10.6. The minimum Gasteiger partial charge on any atom is -0.493 e. The lowest BCUT2D eigenvalue weighted by Crippen LogP contribution is -2.13. The number of anilines is 2. The van der Waals surface area contributed by atoms with Crippen molar-refractivity contribution < 1.29 is 9.47 Å². The molecular formula is C13H17N5O2. The van der Waals surface area contributed by atoms with E-state index in [1.165, 1.54) is 0 Å². The summed E-state index contributed by atoms with van der Waals surface area (Å²) >= 11 is 0.